The summed E-state index contributed by atoms with van der Waals surface area (Å²) in [6, 6.07) is 0.489. The van der Waals surface area contributed by atoms with Crippen molar-refractivity contribution in [1.29, 1.82) is 0 Å². The van der Waals surface area contributed by atoms with Crippen molar-refractivity contribution in [2.75, 3.05) is 7.05 Å². The second-order valence-electron chi connectivity index (χ2n) is 7.12. The number of rotatable bonds is 3. The standard InChI is InChI=1S/C19H31N/c1-12-13(2)15(4)17(16(5)14(12)3)18(20-7)19(6)10-8-9-11-19/h18,20H,8-11H2,1-7H3. The summed E-state index contributed by atoms with van der Waals surface area (Å²) in [5.41, 5.74) is 9.40. The maximum Gasteiger partial charge on any atom is 0.0377 e. The molecule has 0 spiro atoms. The van der Waals surface area contributed by atoms with Crippen molar-refractivity contribution in [3.63, 3.8) is 0 Å². The molecule has 0 radical (unpaired) electrons. The molecule has 20 heavy (non-hydrogen) atoms. The van der Waals surface area contributed by atoms with E-state index < -0.39 is 0 Å². The topological polar surface area (TPSA) is 12.0 Å². The molecule has 0 bridgehead atoms. The molecule has 1 saturated carbocycles. The molecule has 1 aromatic rings. The fraction of sp³-hybridized carbons (Fsp3) is 0.684. The Kier molecular flexibility index (Phi) is 4.30. The Balaban J connectivity index is 2.61. The first-order valence-electron chi connectivity index (χ1n) is 8.07. The van der Waals surface area contributed by atoms with Gasteiger partial charge >= 0.3 is 0 Å². The second kappa shape index (κ2) is 5.52. The maximum absolute atomic E-state index is 3.66. The molecule has 0 aromatic heterocycles. The molecule has 0 heterocycles. The summed E-state index contributed by atoms with van der Waals surface area (Å²) in [6.07, 6.45) is 5.47. The van der Waals surface area contributed by atoms with Gasteiger partial charge in [-0.25, -0.2) is 0 Å². The SMILES string of the molecule is CNC(c1c(C)c(C)c(C)c(C)c1C)C1(C)CCCC1. The van der Waals surface area contributed by atoms with Crippen LogP contribution in [-0.4, -0.2) is 7.05 Å². The molecular formula is C19H31N. The molecule has 1 fully saturated rings. The molecule has 112 valence electrons. The molecule has 0 aliphatic heterocycles. The molecule has 1 nitrogen and oxygen atoms in total. The van der Waals surface area contributed by atoms with E-state index in [0.717, 1.165) is 0 Å². The lowest BCUT2D eigenvalue weighted by atomic mass is 9.73. The van der Waals surface area contributed by atoms with Crippen LogP contribution in [0.2, 0.25) is 0 Å². The predicted molar refractivity (Wildman–Crippen MR) is 88.5 cm³/mol. The Bertz CT molecular complexity index is 478. The van der Waals surface area contributed by atoms with Gasteiger partial charge in [-0.3, -0.25) is 0 Å². The van der Waals surface area contributed by atoms with Crippen LogP contribution >= 0.6 is 0 Å². The normalized spacial score (nSPS) is 19.4. The number of benzene rings is 1. The molecular weight excluding hydrogens is 242 g/mol. The number of nitrogens with one attached hydrogen (secondary N) is 1. The average molecular weight is 273 g/mol. The molecule has 1 heteroatoms. The molecule has 1 unspecified atom stereocenters. The van der Waals surface area contributed by atoms with E-state index in [-0.39, 0.29) is 0 Å². The summed E-state index contributed by atoms with van der Waals surface area (Å²) < 4.78 is 0. The van der Waals surface area contributed by atoms with Crippen LogP contribution in [0, 0.1) is 40.0 Å². The van der Waals surface area contributed by atoms with Gasteiger partial charge < -0.3 is 5.32 Å². The minimum Gasteiger partial charge on any atom is -0.313 e. The van der Waals surface area contributed by atoms with Gasteiger partial charge in [-0.15, -0.1) is 0 Å². The second-order valence-corrected chi connectivity index (χ2v) is 7.12. The summed E-state index contributed by atoms with van der Waals surface area (Å²) in [6.45, 7) is 13.9. The van der Waals surface area contributed by atoms with E-state index >= 15 is 0 Å². The summed E-state index contributed by atoms with van der Waals surface area (Å²) in [5, 5.41) is 3.66. The van der Waals surface area contributed by atoms with E-state index in [0.29, 0.717) is 11.5 Å². The molecule has 1 atom stereocenters. The van der Waals surface area contributed by atoms with Crippen molar-refractivity contribution in [3.05, 3.63) is 33.4 Å². The first kappa shape index (κ1) is 15.6. The zero-order chi connectivity index (χ0) is 15.1. The Morgan fingerprint density at radius 1 is 0.800 bits per heavy atom. The van der Waals surface area contributed by atoms with Gasteiger partial charge in [0, 0.05) is 6.04 Å². The maximum atomic E-state index is 3.66. The zero-order valence-electron chi connectivity index (χ0n) is 14.4. The van der Waals surface area contributed by atoms with Crippen molar-refractivity contribution in [1.82, 2.24) is 5.32 Å². The van der Waals surface area contributed by atoms with Gasteiger partial charge in [0.1, 0.15) is 0 Å². The van der Waals surface area contributed by atoms with Crippen LogP contribution in [0.15, 0.2) is 0 Å². The quantitative estimate of drug-likeness (QED) is 0.810. The third kappa shape index (κ3) is 2.30. The van der Waals surface area contributed by atoms with Crippen LogP contribution in [0.4, 0.5) is 0 Å². The van der Waals surface area contributed by atoms with Gasteiger partial charge in [-0.1, -0.05) is 19.8 Å². The number of hydrogen-bond donors (Lipinski definition) is 1. The molecule has 0 saturated heterocycles. The minimum atomic E-state index is 0.415. The van der Waals surface area contributed by atoms with Crippen LogP contribution < -0.4 is 5.32 Å². The Morgan fingerprint density at radius 3 is 1.60 bits per heavy atom. The summed E-state index contributed by atoms with van der Waals surface area (Å²) in [4.78, 5) is 0. The highest BCUT2D eigenvalue weighted by molar-refractivity contribution is 5.51. The first-order valence-corrected chi connectivity index (χ1v) is 8.07. The Morgan fingerprint density at radius 2 is 1.20 bits per heavy atom. The minimum absolute atomic E-state index is 0.415. The van der Waals surface area contributed by atoms with E-state index in [2.05, 4.69) is 53.9 Å². The van der Waals surface area contributed by atoms with Gasteiger partial charge in [0.05, 0.1) is 0 Å². The summed E-state index contributed by atoms with van der Waals surface area (Å²) in [5.74, 6) is 0. The molecule has 1 aromatic carbocycles. The van der Waals surface area contributed by atoms with Crippen LogP contribution in [0.1, 0.15) is 72.0 Å². The first-order chi connectivity index (χ1) is 9.33. The van der Waals surface area contributed by atoms with Crippen molar-refractivity contribution in [2.24, 2.45) is 5.41 Å². The third-order valence-corrected chi connectivity index (χ3v) is 6.08. The molecule has 1 aliphatic rings. The van der Waals surface area contributed by atoms with Crippen molar-refractivity contribution >= 4 is 0 Å². The van der Waals surface area contributed by atoms with E-state index in [4.69, 9.17) is 0 Å². The average Bonchev–Trinajstić information content (AvgIpc) is 2.86. The lowest BCUT2D eigenvalue weighted by molar-refractivity contribution is 0.232. The third-order valence-electron chi connectivity index (χ3n) is 6.08. The van der Waals surface area contributed by atoms with E-state index in [9.17, 15) is 0 Å². The van der Waals surface area contributed by atoms with Crippen LogP contribution in [0.3, 0.4) is 0 Å². The largest absolute Gasteiger partial charge is 0.313 e. The molecule has 2 rings (SSSR count). The van der Waals surface area contributed by atoms with Gasteiger partial charge in [0.2, 0.25) is 0 Å². The van der Waals surface area contributed by atoms with Crippen molar-refractivity contribution < 1.29 is 0 Å². The fourth-order valence-electron chi connectivity index (χ4n) is 4.27. The summed E-state index contributed by atoms with van der Waals surface area (Å²) >= 11 is 0. The molecule has 1 N–H and O–H groups in total. The monoisotopic (exact) mass is 273 g/mol. The van der Waals surface area contributed by atoms with Crippen molar-refractivity contribution in [2.45, 2.75) is 73.3 Å². The summed E-state index contributed by atoms with van der Waals surface area (Å²) in [7, 11) is 2.14. The van der Waals surface area contributed by atoms with Gasteiger partial charge in [0.15, 0.2) is 0 Å². The Labute approximate surface area is 125 Å². The molecule has 0 amide bonds. The van der Waals surface area contributed by atoms with E-state index in [1.165, 1.54) is 53.5 Å². The zero-order valence-corrected chi connectivity index (χ0v) is 14.4. The van der Waals surface area contributed by atoms with E-state index in [1.54, 1.807) is 5.56 Å². The van der Waals surface area contributed by atoms with Gasteiger partial charge in [0.25, 0.3) is 0 Å². The fourth-order valence-corrected chi connectivity index (χ4v) is 4.27. The van der Waals surface area contributed by atoms with Gasteiger partial charge in [-0.05, 0) is 93.3 Å². The Hall–Kier alpha value is -0.820. The van der Waals surface area contributed by atoms with Crippen LogP contribution in [-0.2, 0) is 0 Å². The highest BCUT2D eigenvalue weighted by Gasteiger charge is 2.38. The smallest absolute Gasteiger partial charge is 0.0377 e. The van der Waals surface area contributed by atoms with Crippen LogP contribution in [0.5, 0.6) is 0 Å². The lowest BCUT2D eigenvalue weighted by Crippen LogP contribution is -2.33. The highest BCUT2D eigenvalue weighted by atomic mass is 14.9. The lowest BCUT2D eigenvalue weighted by Gasteiger charge is -2.37. The van der Waals surface area contributed by atoms with Crippen molar-refractivity contribution in [3.8, 4) is 0 Å². The molecule has 1 aliphatic carbocycles. The van der Waals surface area contributed by atoms with Crippen LogP contribution in [0.25, 0.3) is 0 Å². The van der Waals surface area contributed by atoms with E-state index in [1.807, 2.05) is 0 Å². The number of hydrogen-bond acceptors (Lipinski definition) is 1. The van der Waals surface area contributed by atoms with Gasteiger partial charge in [-0.2, -0.15) is 0 Å². The highest BCUT2D eigenvalue weighted by Crippen LogP contribution is 2.49. The predicted octanol–water partition coefficient (Wildman–Crippen LogP) is 5.07.